The molecule has 0 radical (unpaired) electrons. The van der Waals surface area contributed by atoms with E-state index in [0.29, 0.717) is 13.1 Å². The van der Waals surface area contributed by atoms with Crippen LogP contribution >= 0.6 is 0 Å². The van der Waals surface area contributed by atoms with Crippen LogP contribution in [0.1, 0.15) is 36.8 Å². The molecule has 0 spiro atoms. The van der Waals surface area contributed by atoms with Gasteiger partial charge in [0.25, 0.3) is 5.92 Å². The molecule has 6 nitrogen and oxygen atoms in total. The summed E-state index contributed by atoms with van der Waals surface area (Å²) in [4.78, 5) is 16.4. The summed E-state index contributed by atoms with van der Waals surface area (Å²) in [5, 5.41) is 4.37. The van der Waals surface area contributed by atoms with E-state index in [2.05, 4.69) is 10.00 Å². The molecule has 1 fully saturated rings. The van der Waals surface area contributed by atoms with Gasteiger partial charge in [0.2, 0.25) is 5.91 Å². The van der Waals surface area contributed by atoms with Crippen molar-refractivity contribution < 1.29 is 18.0 Å². The third-order valence-electron chi connectivity index (χ3n) is 5.17. The Kier molecular flexibility index (Phi) is 4.52. The Bertz CT molecular complexity index is 749. The number of likely N-dealkylation sites (tertiary alicyclic amines) is 1. The molecule has 1 amide bonds. The predicted molar refractivity (Wildman–Crippen MR) is 89.5 cm³/mol. The van der Waals surface area contributed by atoms with E-state index < -0.39 is 5.92 Å². The minimum atomic E-state index is -2.64. The Morgan fingerprint density at radius 1 is 1.31 bits per heavy atom. The average Bonchev–Trinajstić information content (AvgIpc) is 3.26. The molecule has 4 rings (SSSR count). The minimum Gasteiger partial charge on any atom is -0.468 e. The molecule has 4 heterocycles. The van der Waals surface area contributed by atoms with Crippen molar-refractivity contribution in [2.75, 3.05) is 19.6 Å². The zero-order valence-electron chi connectivity index (χ0n) is 14.5. The van der Waals surface area contributed by atoms with E-state index in [1.165, 1.54) is 0 Å². The van der Waals surface area contributed by atoms with Gasteiger partial charge >= 0.3 is 0 Å². The normalized spacial score (nSPS) is 23.0. The van der Waals surface area contributed by atoms with Gasteiger partial charge in [-0.15, -0.1) is 0 Å². The van der Waals surface area contributed by atoms with E-state index in [4.69, 9.17) is 4.42 Å². The third kappa shape index (κ3) is 3.65. The molecule has 140 valence electrons. The summed E-state index contributed by atoms with van der Waals surface area (Å²) in [7, 11) is 0. The fourth-order valence-electron chi connectivity index (χ4n) is 3.77. The van der Waals surface area contributed by atoms with Crippen LogP contribution in [0.25, 0.3) is 0 Å². The quantitative estimate of drug-likeness (QED) is 0.837. The number of hydrogen-bond donors (Lipinski definition) is 0. The second-order valence-electron chi connectivity index (χ2n) is 7.11. The van der Waals surface area contributed by atoms with Crippen LogP contribution in [0.3, 0.4) is 0 Å². The van der Waals surface area contributed by atoms with Gasteiger partial charge in [-0.3, -0.25) is 14.4 Å². The number of hydrogen-bond acceptors (Lipinski definition) is 4. The van der Waals surface area contributed by atoms with E-state index in [9.17, 15) is 13.6 Å². The maximum absolute atomic E-state index is 13.3. The van der Waals surface area contributed by atoms with Crippen molar-refractivity contribution in [1.82, 2.24) is 19.6 Å². The van der Waals surface area contributed by atoms with Crippen LogP contribution in [0, 0.1) is 0 Å². The third-order valence-corrected chi connectivity index (χ3v) is 5.17. The van der Waals surface area contributed by atoms with E-state index in [1.807, 2.05) is 22.9 Å². The number of fused-ring (bicyclic) bond motifs is 1. The van der Waals surface area contributed by atoms with Crippen molar-refractivity contribution in [3.63, 3.8) is 0 Å². The molecule has 2 aromatic rings. The van der Waals surface area contributed by atoms with Gasteiger partial charge in [-0.1, -0.05) is 0 Å². The first-order valence-electron chi connectivity index (χ1n) is 8.93. The maximum Gasteiger partial charge on any atom is 0.251 e. The monoisotopic (exact) mass is 364 g/mol. The van der Waals surface area contributed by atoms with Crippen LogP contribution in [0.2, 0.25) is 0 Å². The Morgan fingerprint density at radius 2 is 2.12 bits per heavy atom. The number of amides is 1. The van der Waals surface area contributed by atoms with Gasteiger partial charge in [0.1, 0.15) is 5.76 Å². The number of alkyl halides is 2. The van der Waals surface area contributed by atoms with Crippen LogP contribution < -0.4 is 0 Å². The molecule has 8 heteroatoms. The summed E-state index contributed by atoms with van der Waals surface area (Å²) < 4.78 is 34.0. The molecular weight excluding hydrogens is 342 g/mol. The first-order valence-corrected chi connectivity index (χ1v) is 8.93. The highest BCUT2D eigenvalue weighted by Crippen LogP contribution is 2.30. The topological polar surface area (TPSA) is 54.5 Å². The minimum absolute atomic E-state index is 0.0770. The molecule has 0 bridgehead atoms. The molecule has 1 atom stereocenters. The van der Waals surface area contributed by atoms with Crippen LogP contribution in [-0.4, -0.2) is 51.0 Å². The highest BCUT2D eigenvalue weighted by atomic mass is 19.3. The smallest absolute Gasteiger partial charge is 0.251 e. The highest BCUT2D eigenvalue weighted by Gasteiger charge is 2.36. The fraction of sp³-hybridized carbons (Fsp3) is 0.556. The highest BCUT2D eigenvalue weighted by molar-refractivity contribution is 5.76. The lowest BCUT2D eigenvalue weighted by Crippen LogP contribution is -2.45. The number of piperidine rings is 1. The van der Waals surface area contributed by atoms with Crippen molar-refractivity contribution in [3.8, 4) is 0 Å². The zero-order chi connectivity index (χ0) is 18.1. The summed E-state index contributed by atoms with van der Waals surface area (Å²) in [6.07, 6.45) is 3.16. The lowest BCUT2D eigenvalue weighted by Gasteiger charge is -2.36. The van der Waals surface area contributed by atoms with Gasteiger partial charge in [-0.05, 0) is 18.2 Å². The molecule has 0 aliphatic carbocycles. The lowest BCUT2D eigenvalue weighted by atomic mass is 10.0. The predicted octanol–water partition coefficient (Wildman–Crippen LogP) is 2.68. The van der Waals surface area contributed by atoms with Gasteiger partial charge in [-0.25, -0.2) is 8.78 Å². The number of halogens is 2. The number of carbonyl (C=O) groups is 1. The number of rotatable bonds is 4. The van der Waals surface area contributed by atoms with Gasteiger partial charge in [0.05, 0.1) is 31.0 Å². The Hall–Kier alpha value is -2.22. The van der Waals surface area contributed by atoms with Crippen molar-refractivity contribution in [2.24, 2.45) is 0 Å². The molecule has 2 aromatic heterocycles. The van der Waals surface area contributed by atoms with Gasteiger partial charge in [0, 0.05) is 45.2 Å². The van der Waals surface area contributed by atoms with Crippen LogP contribution in [0.5, 0.6) is 0 Å². The second kappa shape index (κ2) is 6.83. The SMILES string of the molecule is O=C(C[C@H]1CN(Cc2ccco2)Cc2ccnn21)N1CCC(F)(F)CC1. The molecule has 0 N–H and O–H groups in total. The number of furan rings is 1. The largest absolute Gasteiger partial charge is 0.468 e. The van der Waals surface area contributed by atoms with Crippen LogP contribution in [0.15, 0.2) is 35.1 Å². The van der Waals surface area contributed by atoms with Crippen LogP contribution in [0.4, 0.5) is 8.78 Å². The standard InChI is InChI=1S/C18H22F2N4O2/c19-18(20)4-7-23(8-5-18)17(25)10-15-12-22(13-16-2-1-9-26-16)11-14-3-6-21-24(14)15/h1-3,6,9,15H,4-5,7-8,10-13H2/t15-/m0/s1. The summed E-state index contributed by atoms with van der Waals surface area (Å²) in [6, 6.07) is 5.64. The summed E-state index contributed by atoms with van der Waals surface area (Å²) in [6.45, 7) is 2.33. The molecule has 0 unspecified atom stereocenters. The Labute approximate surface area is 150 Å². The number of carbonyl (C=O) groups excluding carboxylic acids is 1. The fourth-order valence-corrected chi connectivity index (χ4v) is 3.77. The molecule has 0 aromatic carbocycles. The molecule has 2 aliphatic heterocycles. The molecule has 0 saturated carbocycles. The van der Waals surface area contributed by atoms with Crippen molar-refractivity contribution in [3.05, 3.63) is 42.1 Å². The molecule has 26 heavy (non-hydrogen) atoms. The van der Waals surface area contributed by atoms with Crippen LogP contribution in [-0.2, 0) is 17.9 Å². The summed E-state index contributed by atoms with van der Waals surface area (Å²) >= 11 is 0. The van der Waals surface area contributed by atoms with Gasteiger partial charge in [0.15, 0.2) is 0 Å². The number of nitrogens with zero attached hydrogens (tertiary/aromatic N) is 4. The van der Waals surface area contributed by atoms with Crippen molar-refractivity contribution >= 4 is 5.91 Å². The zero-order valence-corrected chi connectivity index (χ0v) is 14.5. The molecule has 2 aliphatic rings. The first kappa shape index (κ1) is 17.2. The maximum atomic E-state index is 13.3. The lowest BCUT2D eigenvalue weighted by molar-refractivity contribution is -0.138. The van der Waals surface area contributed by atoms with E-state index in [1.54, 1.807) is 17.4 Å². The Morgan fingerprint density at radius 3 is 2.85 bits per heavy atom. The van der Waals surface area contributed by atoms with Gasteiger partial charge < -0.3 is 9.32 Å². The van der Waals surface area contributed by atoms with Gasteiger partial charge in [-0.2, -0.15) is 5.10 Å². The second-order valence-corrected chi connectivity index (χ2v) is 7.11. The van der Waals surface area contributed by atoms with E-state index >= 15 is 0 Å². The molecule has 1 saturated heterocycles. The first-order chi connectivity index (χ1) is 12.5. The number of aromatic nitrogens is 2. The van der Waals surface area contributed by atoms with E-state index in [0.717, 1.165) is 18.0 Å². The average molecular weight is 364 g/mol. The molecular formula is C18H22F2N4O2. The van der Waals surface area contributed by atoms with Crippen molar-refractivity contribution in [2.45, 2.75) is 44.3 Å². The Balaban J connectivity index is 1.42. The summed E-state index contributed by atoms with van der Waals surface area (Å²) in [5.74, 6) is -1.84. The summed E-state index contributed by atoms with van der Waals surface area (Å²) in [5.41, 5.74) is 1.05. The van der Waals surface area contributed by atoms with Crippen molar-refractivity contribution in [1.29, 1.82) is 0 Å². The van der Waals surface area contributed by atoms with E-state index in [-0.39, 0.29) is 44.3 Å².